The van der Waals surface area contributed by atoms with E-state index in [1.807, 2.05) is 0 Å². The van der Waals surface area contributed by atoms with Gasteiger partial charge >= 0.3 is 0 Å². The molecule has 1 aliphatic carbocycles. The fourth-order valence-electron chi connectivity index (χ4n) is 2.51. The monoisotopic (exact) mass is 238 g/mol. The van der Waals surface area contributed by atoms with Gasteiger partial charge in [0.05, 0.1) is 12.6 Å². The van der Waals surface area contributed by atoms with Crippen LogP contribution in [-0.2, 0) is 17.8 Å². The molecule has 2 unspecified atom stereocenters. The van der Waals surface area contributed by atoms with Crippen LogP contribution in [0.25, 0.3) is 0 Å². The van der Waals surface area contributed by atoms with Gasteiger partial charge in [0.15, 0.2) is 0 Å². The molecule has 17 heavy (non-hydrogen) atoms. The van der Waals surface area contributed by atoms with Crippen LogP contribution in [0.5, 0.6) is 0 Å². The van der Waals surface area contributed by atoms with Crippen molar-refractivity contribution in [2.75, 3.05) is 7.11 Å². The summed E-state index contributed by atoms with van der Waals surface area (Å²) in [6.07, 6.45) is 7.06. The summed E-state index contributed by atoms with van der Waals surface area (Å²) in [6, 6.07) is 0.454. The Morgan fingerprint density at radius 1 is 1.47 bits per heavy atom. The molecule has 2 rings (SSSR count). The van der Waals surface area contributed by atoms with Gasteiger partial charge in [0.25, 0.3) is 0 Å². The fourth-order valence-corrected chi connectivity index (χ4v) is 2.51. The van der Waals surface area contributed by atoms with Crippen molar-refractivity contribution < 1.29 is 4.74 Å². The summed E-state index contributed by atoms with van der Waals surface area (Å²) < 4.78 is 7.59. The number of hydrogen-bond donors (Lipinski definition) is 1. The second-order valence-electron chi connectivity index (χ2n) is 4.58. The molecule has 1 aliphatic rings. The van der Waals surface area contributed by atoms with Crippen molar-refractivity contribution in [2.24, 2.45) is 0 Å². The van der Waals surface area contributed by atoms with E-state index in [0.29, 0.717) is 12.1 Å². The summed E-state index contributed by atoms with van der Waals surface area (Å²) in [5.41, 5.74) is 0. The molecule has 0 amide bonds. The maximum atomic E-state index is 5.52. The maximum Gasteiger partial charge on any atom is 0.146 e. The summed E-state index contributed by atoms with van der Waals surface area (Å²) in [5, 5.41) is 11.6. The summed E-state index contributed by atoms with van der Waals surface area (Å²) in [6.45, 7) is 3.80. The molecular formula is C12H22N4O. The SMILES string of the molecule is CCn1cnnc1CNC1CCCCC1OC. The lowest BCUT2D eigenvalue weighted by molar-refractivity contribution is 0.0409. The van der Waals surface area contributed by atoms with Gasteiger partial charge in [-0.15, -0.1) is 10.2 Å². The van der Waals surface area contributed by atoms with E-state index in [0.717, 1.165) is 25.3 Å². The zero-order valence-corrected chi connectivity index (χ0v) is 10.7. The Morgan fingerprint density at radius 3 is 3.06 bits per heavy atom. The third-order valence-electron chi connectivity index (χ3n) is 3.56. The van der Waals surface area contributed by atoms with Gasteiger partial charge < -0.3 is 14.6 Å². The minimum absolute atomic E-state index is 0.349. The molecular weight excluding hydrogens is 216 g/mol. The van der Waals surface area contributed by atoms with Crippen molar-refractivity contribution >= 4 is 0 Å². The van der Waals surface area contributed by atoms with Crippen molar-refractivity contribution in [1.82, 2.24) is 20.1 Å². The Kier molecular flexibility index (Phi) is 4.50. The van der Waals surface area contributed by atoms with E-state index in [1.165, 1.54) is 19.3 Å². The van der Waals surface area contributed by atoms with Crippen molar-refractivity contribution in [2.45, 2.75) is 57.8 Å². The highest BCUT2D eigenvalue weighted by Crippen LogP contribution is 2.20. The molecule has 1 aromatic rings. The van der Waals surface area contributed by atoms with Gasteiger partial charge in [-0.25, -0.2) is 0 Å². The van der Waals surface area contributed by atoms with E-state index in [1.54, 1.807) is 13.4 Å². The van der Waals surface area contributed by atoms with E-state index in [9.17, 15) is 0 Å². The molecule has 0 aromatic carbocycles. The standard InChI is InChI=1S/C12H22N4O/c1-3-16-9-14-15-12(16)8-13-10-6-4-5-7-11(10)17-2/h9-11,13H,3-8H2,1-2H3. The van der Waals surface area contributed by atoms with E-state index in [4.69, 9.17) is 4.74 Å². The Labute approximate surface area is 103 Å². The topological polar surface area (TPSA) is 52.0 Å². The molecule has 0 radical (unpaired) electrons. The van der Waals surface area contributed by atoms with Crippen molar-refractivity contribution in [3.63, 3.8) is 0 Å². The minimum Gasteiger partial charge on any atom is -0.380 e. The van der Waals surface area contributed by atoms with Crippen molar-refractivity contribution in [3.8, 4) is 0 Å². The quantitative estimate of drug-likeness (QED) is 0.841. The number of aryl methyl sites for hydroxylation is 1. The Hall–Kier alpha value is -0.940. The minimum atomic E-state index is 0.349. The molecule has 0 saturated heterocycles. The van der Waals surface area contributed by atoms with Crippen LogP contribution < -0.4 is 5.32 Å². The third kappa shape index (κ3) is 3.04. The van der Waals surface area contributed by atoms with E-state index < -0.39 is 0 Å². The fraction of sp³-hybridized carbons (Fsp3) is 0.833. The highest BCUT2D eigenvalue weighted by molar-refractivity contribution is 4.88. The number of nitrogens with one attached hydrogen (secondary N) is 1. The highest BCUT2D eigenvalue weighted by atomic mass is 16.5. The molecule has 5 nitrogen and oxygen atoms in total. The number of aromatic nitrogens is 3. The first-order valence-electron chi connectivity index (χ1n) is 6.48. The zero-order chi connectivity index (χ0) is 12.1. The summed E-state index contributed by atoms with van der Waals surface area (Å²) >= 11 is 0. The number of methoxy groups -OCH3 is 1. The predicted molar refractivity (Wildman–Crippen MR) is 65.6 cm³/mol. The number of ether oxygens (including phenoxy) is 1. The first-order valence-corrected chi connectivity index (χ1v) is 6.48. The molecule has 2 atom stereocenters. The molecule has 0 bridgehead atoms. The van der Waals surface area contributed by atoms with Crippen LogP contribution in [-0.4, -0.2) is 34.0 Å². The van der Waals surface area contributed by atoms with Gasteiger partial charge in [-0.3, -0.25) is 0 Å². The van der Waals surface area contributed by atoms with Crippen LogP contribution in [0.15, 0.2) is 6.33 Å². The van der Waals surface area contributed by atoms with Crippen LogP contribution in [0.2, 0.25) is 0 Å². The molecule has 1 N–H and O–H groups in total. The molecule has 5 heteroatoms. The summed E-state index contributed by atoms with van der Waals surface area (Å²) in [4.78, 5) is 0. The lowest BCUT2D eigenvalue weighted by atomic mass is 9.92. The van der Waals surface area contributed by atoms with E-state index >= 15 is 0 Å². The predicted octanol–water partition coefficient (Wildman–Crippen LogP) is 1.35. The lowest BCUT2D eigenvalue weighted by Crippen LogP contribution is -2.43. The van der Waals surface area contributed by atoms with Crippen LogP contribution in [0.3, 0.4) is 0 Å². The molecule has 1 fully saturated rings. The van der Waals surface area contributed by atoms with Crippen LogP contribution >= 0.6 is 0 Å². The zero-order valence-electron chi connectivity index (χ0n) is 10.7. The molecule has 96 valence electrons. The molecule has 1 heterocycles. The number of rotatable bonds is 5. The largest absolute Gasteiger partial charge is 0.380 e. The summed E-state index contributed by atoms with van der Waals surface area (Å²) in [5.74, 6) is 1.01. The average Bonchev–Trinajstić information content (AvgIpc) is 2.84. The van der Waals surface area contributed by atoms with E-state index in [-0.39, 0.29) is 0 Å². The van der Waals surface area contributed by atoms with Gasteiger partial charge in [0.2, 0.25) is 0 Å². The van der Waals surface area contributed by atoms with Gasteiger partial charge in [0, 0.05) is 19.7 Å². The summed E-state index contributed by atoms with van der Waals surface area (Å²) in [7, 11) is 1.80. The van der Waals surface area contributed by atoms with Gasteiger partial charge in [0.1, 0.15) is 12.2 Å². The van der Waals surface area contributed by atoms with Gasteiger partial charge in [-0.1, -0.05) is 12.8 Å². The van der Waals surface area contributed by atoms with Gasteiger partial charge in [-0.2, -0.15) is 0 Å². The number of hydrogen-bond acceptors (Lipinski definition) is 4. The Balaban J connectivity index is 1.88. The third-order valence-corrected chi connectivity index (χ3v) is 3.56. The van der Waals surface area contributed by atoms with Gasteiger partial charge in [-0.05, 0) is 19.8 Å². The molecule has 1 aromatic heterocycles. The van der Waals surface area contributed by atoms with Crippen LogP contribution in [0, 0.1) is 0 Å². The molecule has 0 aliphatic heterocycles. The first-order chi connectivity index (χ1) is 8.35. The smallest absolute Gasteiger partial charge is 0.146 e. The second kappa shape index (κ2) is 6.12. The maximum absolute atomic E-state index is 5.52. The molecule has 0 spiro atoms. The van der Waals surface area contributed by atoms with E-state index in [2.05, 4.69) is 27.0 Å². The first kappa shape index (κ1) is 12.5. The van der Waals surface area contributed by atoms with Crippen LogP contribution in [0.1, 0.15) is 38.4 Å². The van der Waals surface area contributed by atoms with Crippen molar-refractivity contribution in [3.05, 3.63) is 12.2 Å². The Bertz CT molecular complexity index is 339. The lowest BCUT2D eigenvalue weighted by Gasteiger charge is -2.31. The Morgan fingerprint density at radius 2 is 2.29 bits per heavy atom. The van der Waals surface area contributed by atoms with Crippen molar-refractivity contribution in [1.29, 1.82) is 0 Å². The highest BCUT2D eigenvalue weighted by Gasteiger charge is 2.24. The normalized spacial score (nSPS) is 25.1. The van der Waals surface area contributed by atoms with Crippen LogP contribution in [0.4, 0.5) is 0 Å². The number of nitrogens with zero attached hydrogens (tertiary/aromatic N) is 3. The average molecular weight is 238 g/mol. The molecule has 1 saturated carbocycles. The second-order valence-corrected chi connectivity index (χ2v) is 4.58.